The molecule has 0 saturated heterocycles. The maximum absolute atomic E-state index is 11.9. The molecule has 0 fully saturated rings. The smallest absolute Gasteiger partial charge is 0.257 e. The lowest BCUT2D eigenvalue weighted by molar-refractivity contribution is 0.102. The van der Waals surface area contributed by atoms with E-state index in [1.807, 2.05) is 17.5 Å². The summed E-state index contributed by atoms with van der Waals surface area (Å²) in [7, 11) is 0. The molecule has 20 heavy (non-hydrogen) atoms. The molecule has 1 aromatic carbocycles. The molecule has 0 saturated carbocycles. The summed E-state index contributed by atoms with van der Waals surface area (Å²) in [5, 5.41) is 5.17. The number of anilines is 1. The molecule has 1 heterocycles. The first-order valence-electron chi connectivity index (χ1n) is 6.59. The Morgan fingerprint density at radius 2 is 2.10 bits per heavy atom. The molecule has 5 heteroatoms. The number of thiazole rings is 1. The van der Waals surface area contributed by atoms with Gasteiger partial charge in [0.1, 0.15) is 5.75 Å². The van der Waals surface area contributed by atoms with Gasteiger partial charge in [-0.15, -0.1) is 11.3 Å². The molecule has 0 aliphatic carbocycles. The highest BCUT2D eigenvalue weighted by Gasteiger charge is 2.07. The first-order chi connectivity index (χ1) is 9.65. The van der Waals surface area contributed by atoms with Crippen molar-refractivity contribution in [2.45, 2.75) is 20.3 Å². The van der Waals surface area contributed by atoms with E-state index in [9.17, 15) is 4.79 Å². The van der Waals surface area contributed by atoms with E-state index >= 15 is 0 Å². The largest absolute Gasteiger partial charge is 0.494 e. The van der Waals surface area contributed by atoms with E-state index < -0.39 is 0 Å². The van der Waals surface area contributed by atoms with Crippen LogP contribution in [0.1, 0.15) is 30.6 Å². The lowest BCUT2D eigenvalue weighted by Crippen LogP contribution is -2.11. The SMILES string of the molecule is CC(C)CCOc1ccc(C(=O)Nc2nccs2)cc1. The summed E-state index contributed by atoms with van der Waals surface area (Å²) in [6, 6.07) is 7.15. The number of amides is 1. The van der Waals surface area contributed by atoms with E-state index in [-0.39, 0.29) is 5.91 Å². The van der Waals surface area contributed by atoms with Gasteiger partial charge in [0.2, 0.25) is 0 Å². The van der Waals surface area contributed by atoms with Gasteiger partial charge >= 0.3 is 0 Å². The number of benzene rings is 1. The molecule has 0 aliphatic rings. The summed E-state index contributed by atoms with van der Waals surface area (Å²) >= 11 is 1.40. The van der Waals surface area contributed by atoms with Crippen LogP contribution in [0.5, 0.6) is 5.75 Å². The van der Waals surface area contributed by atoms with Gasteiger partial charge in [-0.3, -0.25) is 10.1 Å². The van der Waals surface area contributed by atoms with Crippen LogP contribution in [-0.4, -0.2) is 17.5 Å². The lowest BCUT2D eigenvalue weighted by Gasteiger charge is -2.08. The summed E-state index contributed by atoms with van der Waals surface area (Å²) in [5.74, 6) is 1.25. The second-order valence-corrected chi connectivity index (χ2v) is 5.74. The van der Waals surface area contributed by atoms with Gasteiger partial charge in [-0.1, -0.05) is 13.8 Å². The average molecular weight is 290 g/mol. The zero-order valence-corrected chi connectivity index (χ0v) is 12.4. The minimum atomic E-state index is -0.159. The molecule has 4 nitrogen and oxygen atoms in total. The normalized spacial score (nSPS) is 10.6. The quantitative estimate of drug-likeness (QED) is 0.880. The van der Waals surface area contributed by atoms with E-state index in [2.05, 4.69) is 24.1 Å². The van der Waals surface area contributed by atoms with Gasteiger partial charge in [0.15, 0.2) is 5.13 Å². The lowest BCUT2D eigenvalue weighted by atomic mass is 10.1. The fraction of sp³-hybridized carbons (Fsp3) is 0.333. The Morgan fingerprint density at radius 1 is 1.35 bits per heavy atom. The van der Waals surface area contributed by atoms with Crippen molar-refractivity contribution in [3.8, 4) is 5.75 Å². The fourth-order valence-electron chi connectivity index (χ4n) is 1.57. The summed E-state index contributed by atoms with van der Waals surface area (Å²) in [6.07, 6.45) is 2.68. The number of aromatic nitrogens is 1. The first kappa shape index (κ1) is 14.5. The van der Waals surface area contributed by atoms with Crippen LogP contribution in [0.2, 0.25) is 0 Å². The Labute approximate surface area is 122 Å². The molecular weight excluding hydrogens is 272 g/mol. The highest BCUT2D eigenvalue weighted by Crippen LogP contribution is 2.16. The van der Waals surface area contributed by atoms with Crippen LogP contribution >= 0.6 is 11.3 Å². The third-order valence-electron chi connectivity index (χ3n) is 2.73. The second kappa shape index (κ2) is 7.05. The van der Waals surface area contributed by atoms with Crippen molar-refractivity contribution in [3.63, 3.8) is 0 Å². The van der Waals surface area contributed by atoms with Gasteiger partial charge in [-0.2, -0.15) is 0 Å². The predicted octanol–water partition coefficient (Wildman–Crippen LogP) is 3.82. The number of carbonyl (C=O) groups excluding carboxylic acids is 1. The van der Waals surface area contributed by atoms with Crippen molar-refractivity contribution >= 4 is 22.4 Å². The molecule has 0 radical (unpaired) electrons. The molecule has 0 bridgehead atoms. The predicted molar refractivity (Wildman–Crippen MR) is 81.5 cm³/mol. The Balaban J connectivity index is 1.89. The number of nitrogens with zero attached hydrogens (tertiary/aromatic N) is 1. The Bertz CT molecular complexity index is 536. The van der Waals surface area contributed by atoms with Crippen LogP contribution in [0.15, 0.2) is 35.8 Å². The van der Waals surface area contributed by atoms with Crippen LogP contribution in [0.4, 0.5) is 5.13 Å². The van der Waals surface area contributed by atoms with Gasteiger partial charge < -0.3 is 4.74 Å². The summed E-state index contributed by atoms with van der Waals surface area (Å²) in [4.78, 5) is 16.0. The molecule has 0 atom stereocenters. The molecule has 2 aromatic rings. The average Bonchev–Trinajstić information content (AvgIpc) is 2.92. The van der Waals surface area contributed by atoms with Gasteiger partial charge in [-0.25, -0.2) is 4.98 Å². The number of ether oxygens (including phenoxy) is 1. The fourth-order valence-corrected chi connectivity index (χ4v) is 2.09. The molecule has 0 spiro atoms. The minimum absolute atomic E-state index is 0.159. The van der Waals surface area contributed by atoms with Gasteiger partial charge in [0, 0.05) is 17.1 Å². The zero-order valence-electron chi connectivity index (χ0n) is 11.6. The van der Waals surface area contributed by atoms with Crippen molar-refractivity contribution in [2.75, 3.05) is 11.9 Å². The van der Waals surface area contributed by atoms with Crippen molar-refractivity contribution < 1.29 is 9.53 Å². The Kier molecular flexibility index (Phi) is 5.12. The molecule has 0 aliphatic heterocycles. The van der Waals surface area contributed by atoms with Crippen molar-refractivity contribution in [1.82, 2.24) is 4.98 Å². The van der Waals surface area contributed by atoms with E-state index in [4.69, 9.17) is 4.74 Å². The second-order valence-electron chi connectivity index (χ2n) is 4.85. The maximum Gasteiger partial charge on any atom is 0.257 e. The van der Waals surface area contributed by atoms with Crippen molar-refractivity contribution in [2.24, 2.45) is 5.92 Å². The Hall–Kier alpha value is -1.88. The highest BCUT2D eigenvalue weighted by atomic mass is 32.1. The minimum Gasteiger partial charge on any atom is -0.494 e. The summed E-state index contributed by atoms with van der Waals surface area (Å²) in [6.45, 7) is 5.02. The number of hydrogen-bond donors (Lipinski definition) is 1. The van der Waals surface area contributed by atoms with Gasteiger partial charge in [0.25, 0.3) is 5.91 Å². The van der Waals surface area contributed by atoms with Crippen LogP contribution in [0.25, 0.3) is 0 Å². The summed E-state index contributed by atoms with van der Waals surface area (Å²) in [5.41, 5.74) is 0.594. The summed E-state index contributed by atoms with van der Waals surface area (Å²) < 4.78 is 5.62. The Morgan fingerprint density at radius 3 is 2.70 bits per heavy atom. The number of carbonyl (C=O) groups is 1. The van der Waals surface area contributed by atoms with E-state index in [0.717, 1.165) is 12.2 Å². The first-order valence-corrected chi connectivity index (χ1v) is 7.47. The maximum atomic E-state index is 11.9. The molecule has 1 N–H and O–H groups in total. The third kappa shape index (κ3) is 4.35. The van der Waals surface area contributed by atoms with E-state index in [1.165, 1.54) is 11.3 Å². The van der Waals surface area contributed by atoms with Crippen LogP contribution in [0, 0.1) is 5.92 Å². The highest BCUT2D eigenvalue weighted by molar-refractivity contribution is 7.13. The molecule has 1 aromatic heterocycles. The van der Waals surface area contributed by atoms with Crippen LogP contribution in [-0.2, 0) is 0 Å². The van der Waals surface area contributed by atoms with Crippen LogP contribution in [0.3, 0.4) is 0 Å². The molecule has 2 rings (SSSR count). The molecule has 1 amide bonds. The van der Waals surface area contributed by atoms with E-state index in [1.54, 1.807) is 18.3 Å². The van der Waals surface area contributed by atoms with Crippen LogP contribution < -0.4 is 10.1 Å². The standard InChI is InChI=1S/C15H18N2O2S/c1-11(2)7-9-19-13-5-3-12(4-6-13)14(18)17-15-16-8-10-20-15/h3-6,8,10-11H,7,9H2,1-2H3,(H,16,17,18). The third-order valence-corrected chi connectivity index (χ3v) is 3.42. The monoisotopic (exact) mass is 290 g/mol. The van der Waals surface area contributed by atoms with Crippen molar-refractivity contribution in [3.05, 3.63) is 41.4 Å². The molecular formula is C15H18N2O2S. The zero-order chi connectivity index (χ0) is 14.4. The number of nitrogens with one attached hydrogen (secondary N) is 1. The topological polar surface area (TPSA) is 51.2 Å². The number of rotatable bonds is 6. The van der Waals surface area contributed by atoms with Gasteiger partial charge in [0.05, 0.1) is 6.61 Å². The van der Waals surface area contributed by atoms with Gasteiger partial charge in [-0.05, 0) is 36.6 Å². The van der Waals surface area contributed by atoms with E-state index in [0.29, 0.717) is 23.2 Å². The number of hydrogen-bond acceptors (Lipinski definition) is 4. The molecule has 106 valence electrons. The molecule has 0 unspecified atom stereocenters. The van der Waals surface area contributed by atoms with Crippen molar-refractivity contribution in [1.29, 1.82) is 0 Å².